The van der Waals surface area contributed by atoms with Crippen LogP contribution in [-0.4, -0.2) is 46.3 Å². The minimum atomic E-state index is -0.832. The van der Waals surface area contributed by atoms with E-state index >= 15 is 0 Å². The van der Waals surface area contributed by atoms with Crippen molar-refractivity contribution in [2.24, 2.45) is 5.41 Å². The zero-order valence-electron chi connectivity index (χ0n) is 29.2. The number of aromatic nitrogens is 2. The molecule has 53 heavy (non-hydrogen) atoms. The maximum absolute atomic E-state index is 14.4. The Morgan fingerprint density at radius 3 is 1.96 bits per heavy atom. The maximum atomic E-state index is 14.4. The first-order chi connectivity index (χ1) is 26.1. The first-order valence-electron chi connectivity index (χ1n) is 18.1. The number of hydrogen-bond acceptors (Lipinski definition) is 5. The van der Waals surface area contributed by atoms with Gasteiger partial charge < -0.3 is 19.0 Å². The molecule has 9 rings (SSSR count). The third-order valence-corrected chi connectivity index (χ3v) is 11.0. The van der Waals surface area contributed by atoms with Gasteiger partial charge in [-0.25, -0.2) is 9.48 Å². The standard InChI is InChI=1S/C45H38N4O4/c50-42-44(24-26-47(32-44)43(51)53-30-33-13-5-1-6-14-33)25-27-48(42)38-21-22-40-39(29-38)41(34-23-28-52-31-34)46-49(40)45(35-15-7-2-8-16-35,36-17-9-3-10-18-36)37-19-11-4-12-20-37/h1-23,28-29,31H,24-27,30,32H2/t44-/m0/s1. The number of amides is 2. The fourth-order valence-corrected chi connectivity index (χ4v) is 8.33. The first kappa shape index (κ1) is 32.5. The molecular weight excluding hydrogens is 661 g/mol. The number of carbonyl (C=O) groups is 2. The average molecular weight is 699 g/mol. The molecule has 0 unspecified atom stereocenters. The van der Waals surface area contributed by atoms with Crippen LogP contribution in [0.5, 0.6) is 0 Å². The van der Waals surface area contributed by atoms with Crippen molar-refractivity contribution in [3.8, 4) is 11.3 Å². The van der Waals surface area contributed by atoms with E-state index in [2.05, 4.69) is 89.6 Å². The van der Waals surface area contributed by atoms with Crippen molar-refractivity contribution >= 4 is 28.6 Å². The molecule has 2 fully saturated rings. The first-order valence-corrected chi connectivity index (χ1v) is 18.1. The lowest BCUT2D eigenvalue weighted by atomic mass is 9.77. The quantitative estimate of drug-likeness (QED) is 0.148. The van der Waals surface area contributed by atoms with E-state index in [4.69, 9.17) is 14.3 Å². The van der Waals surface area contributed by atoms with Gasteiger partial charge in [0.25, 0.3) is 0 Å². The summed E-state index contributed by atoms with van der Waals surface area (Å²) >= 11 is 0. The minimum absolute atomic E-state index is 0.0414. The largest absolute Gasteiger partial charge is 0.472 e. The van der Waals surface area contributed by atoms with Crippen LogP contribution in [0.25, 0.3) is 22.2 Å². The van der Waals surface area contributed by atoms with Crippen molar-refractivity contribution in [2.75, 3.05) is 24.5 Å². The number of nitrogens with zero attached hydrogens (tertiary/aromatic N) is 4. The summed E-state index contributed by atoms with van der Waals surface area (Å²) in [5.74, 6) is 0.0414. The number of fused-ring (bicyclic) bond motifs is 1. The Kier molecular flexibility index (Phi) is 8.15. The zero-order chi connectivity index (χ0) is 35.8. The molecule has 1 spiro atoms. The van der Waals surface area contributed by atoms with E-state index < -0.39 is 11.0 Å². The van der Waals surface area contributed by atoms with Crippen molar-refractivity contribution < 1.29 is 18.7 Å². The van der Waals surface area contributed by atoms with Gasteiger partial charge in [0, 0.05) is 36.3 Å². The number of hydrogen-bond donors (Lipinski definition) is 0. The monoisotopic (exact) mass is 698 g/mol. The molecule has 0 bridgehead atoms. The van der Waals surface area contributed by atoms with Gasteiger partial charge in [-0.3, -0.25) is 4.79 Å². The normalized spacial score (nSPS) is 17.2. The number of anilines is 1. The molecule has 2 aromatic heterocycles. The molecule has 7 aromatic rings. The smallest absolute Gasteiger partial charge is 0.410 e. The molecule has 5 aromatic carbocycles. The fraction of sp³-hybridized carbons (Fsp3) is 0.178. The Balaban J connectivity index is 1.12. The highest BCUT2D eigenvalue weighted by Gasteiger charge is 2.52. The van der Waals surface area contributed by atoms with Crippen LogP contribution in [0.1, 0.15) is 35.1 Å². The molecule has 1 atom stereocenters. The molecule has 8 heteroatoms. The fourth-order valence-electron chi connectivity index (χ4n) is 8.33. The number of furan rings is 1. The highest BCUT2D eigenvalue weighted by molar-refractivity contribution is 6.04. The number of likely N-dealkylation sites (tertiary alicyclic amines) is 1. The van der Waals surface area contributed by atoms with Crippen LogP contribution in [0.15, 0.2) is 163 Å². The van der Waals surface area contributed by atoms with Crippen molar-refractivity contribution in [3.63, 3.8) is 0 Å². The summed E-state index contributed by atoms with van der Waals surface area (Å²) in [4.78, 5) is 31.0. The van der Waals surface area contributed by atoms with Crippen LogP contribution in [0, 0.1) is 5.41 Å². The highest BCUT2D eigenvalue weighted by atomic mass is 16.6. The third kappa shape index (κ3) is 5.49. The van der Waals surface area contributed by atoms with Gasteiger partial charge in [-0.1, -0.05) is 121 Å². The van der Waals surface area contributed by atoms with Gasteiger partial charge in [-0.05, 0) is 59.4 Å². The Morgan fingerprint density at radius 1 is 0.755 bits per heavy atom. The van der Waals surface area contributed by atoms with Crippen LogP contribution in [0.3, 0.4) is 0 Å². The van der Waals surface area contributed by atoms with Crippen LogP contribution < -0.4 is 4.90 Å². The topological polar surface area (TPSA) is 80.8 Å². The molecule has 0 saturated carbocycles. The molecule has 8 nitrogen and oxygen atoms in total. The molecular formula is C45H38N4O4. The highest BCUT2D eigenvalue weighted by Crippen LogP contribution is 2.46. The maximum Gasteiger partial charge on any atom is 0.410 e. The van der Waals surface area contributed by atoms with E-state index in [1.54, 1.807) is 17.4 Å². The van der Waals surface area contributed by atoms with E-state index in [0.29, 0.717) is 32.5 Å². The Labute approximate surface area is 307 Å². The Bertz CT molecular complexity index is 2280. The summed E-state index contributed by atoms with van der Waals surface area (Å²) in [5, 5.41) is 6.36. The lowest BCUT2D eigenvalue weighted by Gasteiger charge is -2.37. The van der Waals surface area contributed by atoms with Gasteiger partial charge in [0.05, 0.1) is 23.5 Å². The molecule has 0 aliphatic carbocycles. The van der Waals surface area contributed by atoms with E-state index in [0.717, 1.165) is 50.1 Å². The van der Waals surface area contributed by atoms with Crippen LogP contribution in [-0.2, 0) is 21.7 Å². The number of rotatable bonds is 8. The van der Waals surface area contributed by atoms with E-state index in [1.165, 1.54) is 0 Å². The summed E-state index contributed by atoms with van der Waals surface area (Å²) in [5.41, 5.74) is 5.98. The summed E-state index contributed by atoms with van der Waals surface area (Å²) < 4.78 is 13.4. The van der Waals surface area contributed by atoms with Crippen molar-refractivity contribution in [1.82, 2.24) is 14.7 Å². The number of carbonyl (C=O) groups excluding carboxylic acids is 2. The van der Waals surface area contributed by atoms with E-state index in [-0.39, 0.29) is 18.6 Å². The van der Waals surface area contributed by atoms with Crippen LogP contribution in [0.4, 0.5) is 10.5 Å². The van der Waals surface area contributed by atoms with E-state index in [9.17, 15) is 9.59 Å². The Morgan fingerprint density at radius 2 is 1.36 bits per heavy atom. The lowest BCUT2D eigenvalue weighted by molar-refractivity contribution is -0.124. The van der Waals surface area contributed by atoms with Gasteiger partial charge in [0.15, 0.2) is 0 Å². The van der Waals surface area contributed by atoms with Crippen LogP contribution in [0.2, 0.25) is 0 Å². The molecule has 0 radical (unpaired) electrons. The molecule has 262 valence electrons. The second-order valence-electron chi connectivity index (χ2n) is 14.0. The van der Waals surface area contributed by atoms with Crippen molar-refractivity contribution in [1.29, 1.82) is 0 Å². The second kappa shape index (κ2) is 13.3. The molecule has 2 amide bonds. The molecule has 0 N–H and O–H groups in total. The summed E-state index contributed by atoms with van der Waals surface area (Å²) in [6.45, 7) is 1.61. The van der Waals surface area contributed by atoms with Crippen LogP contribution >= 0.6 is 0 Å². The molecule has 4 heterocycles. The number of benzene rings is 5. The van der Waals surface area contributed by atoms with Gasteiger partial charge in [0.1, 0.15) is 17.8 Å². The third-order valence-electron chi connectivity index (χ3n) is 11.0. The summed E-state index contributed by atoms with van der Waals surface area (Å²) in [6, 6.07) is 49.2. The average Bonchev–Trinajstić information content (AvgIpc) is 4.04. The van der Waals surface area contributed by atoms with Gasteiger partial charge in [-0.15, -0.1) is 0 Å². The minimum Gasteiger partial charge on any atom is -0.472 e. The molecule has 2 aliphatic rings. The van der Waals surface area contributed by atoms with Gasteiger partial charge in [-0.2, -0.15) is 5.10 Å². The molecule has 2 saturated heterocycles. The Hall–Kier alpha value is -6.41. The second-order valence-corrected chi connectivity index (χ2v) is 14.0. The van der Waals surface area contributed by atoms with E-state index in [1.807, 2.05) is 65.6 Å². The van der Waals surface area contributed by atoms with Crippen molar-refractivity contribution in [3.05, 3.63) is 180 Å². The SMILES string of the molecule is O=C(OCc1ccccc1)N1CC[C@]2(CCN(c3ccc4c(c3)c(-c3ccoc3)nn4C(c3ccccc3)(c3ccccc3)c3ccccc3)C2=O)C1. The van der Waals surface area contributed by atoms with Gasteiger partial charge in [0.2, 0.25) is 5.91 Å². The zero-order valence-corrected chi connectivity index (χ0v) is 29.2. The predicted molar refractivity (Wildman–Crippen MR) is 204 cm³/mol. The number of ether oxygens (including phenoxy) is 1. The lowest BCUT2D eigenvalue weighted by Crippen LogP contribution is -2.39. The molecule has 2 aliphatic heterocycles. The predicted octanol–water partition coefficient (Wildman–Crippen LogP) is 8.90. The van der Waals surface area contributed by atoms with Crippen molar-refractivity contribution in [2.45, 2.75) is 25.0 Å². The summed E-state index contributed by atoms with van der Waals surface area (Å²) in [6.07, 6.45) is 4.27. The van der Waals surface area contributed by atoms with Gasteiger partial charge >= 0.3 is 6.09 Å². The summed E-state index contributed by atoms with van der Waals surface area (Å²) in [7, 11) is 0.